The first-order valence-corrected chi connectivity index (χ1v) is 10.6. The Morgan fingerprint density at radius 1 is 1.30 bits per heavy atom. The average Bonchev–Trinajstić information content (AvgIpc) is 3.34. The van der Waals surface area contributed by atoms with Crippen LogP contribution in [0.3, 0.4) is 0 Å². The van der Waals surface area contributed by atoms with E-state index in [1.165, 1.54) is 24.6 Å². The number of ether oxygens (including phenoxy) is 1. The molecule has 1 saturated carbocycles. The molecule has 0 spiro atoms. The number of nitrogens with zero attached hydrogens (tertiary/aromatic N) is 4. The van der Waals surface area contributed by atoms with Crippen LogP contribution in [-0.2, 0) is 16.1 Å². The average molecular weight is 390 g/mol. The van der Waals surface area contributed by atoms with E-state index in [-0.39, 0.29) is 5.91 Å². The van der Waals surface area contributed by atoms with Crippen LogP contribution in [0.1, 0.15) is 39.0 Å². The molecule has 2 heterocycles. The van der Waals surface area contributed by atoms with E-state index in [9.17, 15) is 4.79 Å². The second kappa shape index (κ2) is 10.4. The van der Waals surface area contributed by atoms with Crippen LogP contribution in [0.4, 0.5) is 0 Å². The number of carbonyl (C=O) groups excluding carboxylic acids is 1. The highest BCUT2D eigenvalue weighted by molar-refractivity contribution is 7.99. The zero-order valence-corrected chi connectivity index (χ0v) is 16.6. The molecule has 0 aliphatic heterocycles. The van der Waals surface area contributed by atoms with Crippen LogP contribution >= 0.6 is 11.8 Å². The standard InChI is InChI=1S/C19H27N5O2S/c1-2-26-13-5-12-24-18(15-8-10-20-11-9-15)22-23-19(24)27-14-17(25)21-16-6-3-4-7-16/h8-11,16H,2-7,12-14H2,1H3,(H,21,25). The Labute approximate surface area is 164 Å². The number of rotatable bonds is 10. The van der Waals surface area contributed by atoms with Gasteiger partial charge in [-0.05, 0) is 38.3 Å². The fourth-order valence-electron chi connectivity index (χ4n) is 3.25. The number of hydrogen-bond donors (Lipinski definition) is 1. The Kier molecular flexibility index (Phi) is 7.65. The first-order valence-electron chi connectivity index (χ1n) is 9.61. The number of thioether (sulfide) groups is 1. The predicted molar refractivity (Wildman–Crippen MR) is 105 cm³/mol. The lowest BCUT2D eigenvalue weighted by molar-refractivity contribution is -0.119. The summed E-state index contributed by atoms with van der Waals surface area (Å²) in [7, 11) is 0. The van der Waals surface area contributed by atoms with Crippen molar-refractivity contribution in [2.75, 3.05) is 19.0 Å². The van der Waals surface area contributed by atoms with Crippen LogP contribution in [0.5, 0.6) is 0 Å². The van der Waals surface area contributed by atoms with Crippen molar-refractivity contribution in [2.24, 2.45) is 0 Å². The molecule has 1 aliphatic rings. The number of amides is 1. The first kappa shape index (κ1) is 19.8. The van der Waals surface area contributed by atoms with E-state index in [4.69, 9.17) is 4.74 Å². The molecule has 7 nitrogen and oxygen atoms in total. The van der Waals surface area contributed by atoms with Gasteiger partial charge in [0.15, 0.2) is 11.0 Å². The summed E-state index contributed by atoms with van der Waals surface area (Å²) in [6.07, 6.45) is 8.97. The molecule has 1 amide bonds. The van der Waals surface area contributed by atoms with Crippen LogP contribution in [-0.4, -0.2) is 50.7 Å². The van der Waals surface area contributed by atoms with E-state index in [1.807, 2.05) is 19.1 Å². The van der Waals surface area contributed by atoms with Gasteiger partial charge in [-0.1, -0.05) is 24.6 Å². The SMILES string of the molecule is CCOCCCn1c(SCC(=O)NC2CCCC2)nnc1-c1ccncc1. The summed E-state index contributed by atoms with van der Waals surface area (Å²) >= 11 is 1.44. The molecule has 2 aromatic heterocycles. The minimum Gasteiger partial charge on any atom is -0.382 e. The maximum atomic E-state index is 12.2. The quantitative estimate of drug-likeness (QED) is 0.497. The molecule has 0 saturated heterocycles. The third kappa shape index (κ3) is 5.77. The zero-order valence-electron chi connectivity index (χ0n) is 15.8. The molecule has 0 aromatic carbocycles. The summed E-state index contributed by atoms with van der Waals surface area (Å²) in [4.78, 5) is 16.3. The highest BCUT2D eigenvalue weighted by atomic mass is 32.2. The first-order chi connectivity index (χ1) is 13.3. The Morgan fingerprint density at radius 3 is 2.81 bits per heavy atom. The number of pyridine rings is 1. The second-order valence-corrected chi connectivity index (χ2v) is 7.52. The normalized spacial score (nSPS) is 14.6. The van der Waals surface area contributed by atoms with E-state index in [0.717, 1.165) is 42.4 Å². The van der Waals surface area contributed by atoms with Gasteiger partial charge >= 0.3 is 0 Å². The maximum Gasteiger partial charge on any atom is 0.230 e. The largest absolute Gasteiger partial charge is 0.382 e. The van der Waals surface area contributed by atoms with Crippen molar-refractivity contribution in [2.45, 2.75) is 56.8 Å². The van der Waals surface area contributed by atoms with Crippen molar-refractivity contribution < 1.29 is 9.53 Å². The van der Waals surface area contributed by atoms with Crippen LogP contribution < -0.4 is 5.32 Å². The van der Waals surface area contributed by atoms with Crippen molar-refractivity contribution in [3.8, 4) is 11.4 Å². The van der Waals surface area contributed by atoms with Crippen LogP contribution in [0.25, 0.3) is 11.4 Å². The van der Waals surface area contributed by atoms with E-state index in [2.05, 4.69) is 25.1 Å². The molecule has 27 heavy (non-hydrogen) atoms. The Bertz CT molecular complexity index is 716. The van der Waals surface area contributed by atoms with Gasteiger partial charge in [-0.2, -0.15) is 0 Å². The van der Waals surface area contributed by atoms with Gasteiger partial charge in [-0.25, -0.2) is 0 Å². The molecule has 1 aliphatic carbocycles. The van der Waals surface area contributed by atoms with Gasteiger partial charge in [0.25, 0.3) is 0 Å². The minimum absolute atomic E-state index is 0.0706. The molecule has 8 heteroatoms. The highest BCUT2D eigenvalue weighted by Crippen LogP contribution is 2.24. The molecule has 0 atom stereocenters. The van der Waals surface area contributed by atoms with Crippen molar-refractivity contribution in [1.29, 1.82) is 0 Å². The summed E-state index contributed by atoms with van der Waals surface area (Å²) in [6, 6.07) is 4.18. The van der Waals surface area contributed by atoms with Crippen molar-refractivity contribution >= 4 is 17.7 Å². The third-order valence-corrected chi connectivity index (χ3v) is 5.55. The van der Waals surface area contributed by atoms with E-state index in [1.54, 1.807) is 12.4 Å². The van der Waals surface area contributed by atoms with Crippen LogP contribution in [0, 0.1) is 0 Å². The molecule has 0 unspecified atom stereocenters. The van der Waals surface area contributed by atoms with Gasteiger partial charge in [0.1, 0.15) is 0 Å². The predicted octanol–water partition coefficient (Wildman–Crippen LogP) is 2.92. The molecular formula is C19H27N5O2S. The summed E-state index contributed by atoms with van der Waals surface area (Å²) in [5.41, 5.74) is 0.969. The second-order valence-electron chi connectivity index (χ2n) is 6.58. The molecule has 2 aromatic rings. The Morgan fingerprint density at radius 2 is 2.07 bits per heavy atom. The lowest BCUT2D eigenvalue weighted by Gasteiger charge is -2.12. The summed E-state index contributed by atoms with van der Waals surface area (Å²) < 4.78 is 7.53. The molecule has 3 rings (SSSR count). The number of nitrogens with one attached hydrogen (secondary N) is 1. The summed E-state index contributed by atoms with van der Waals surface area (Å²) in [6.45, 7) is 4.14. The van der Waals surface area contributed by atoms with Gasteiger partial charge in [0, 0.05) is 43.8 Å². The lowest BCUT2D eigenvalue weighted by atomic mass is 10.2. The van der Waals surface area contributed by atoms with Crippen LogP contribution in [0.15, 0.2) is 29.7 Å². The van der Waals surface area contributed by atoms with Crippen molar-refractivity contribution in [3.63, 3.8) is 0 Å². The van der Waals surface area contributed by atoms with Crippen molar-refractivity contribution in [3.05, 3.63) is 24.5 Å². The number of aromatic nitrogens is 4. The molecule has 146 valence electrons. The molecular weight excluding hydrogens is 362 g/mol. The molecule has 0 radical (unpaired) electrons. The van der Waals surface area contributed by atoms with Gasteiger partial charge in [-0.15, -0.1) is 10.2 Å². The Hall–Kier alpha value is -1.93. The summed E-state index contributed by atoms with van der Waals surface area (Å²) in [5.74, 6) is 1.23. The third-order valence-electron chi connectivity index (χ3n) is 4.58. The fourth-order valence-corrected chi connectivity index (χ4v) is 4.03. The zero-order chi connectivity index (χ0) is 18.9. The smallest absolute Gasteiger partial charge is 0.230 e. The molecule has 0 bridgehead atoms. The molecule has 1 fully saturated rings. The van der Waals surface area contributed by atoms with E-state index >= 15 is 0 Å². The maximum absolute atomic E-state index is 12.2. The fraction of sp³-hybridized carbons (Fsp3) is 0.579. The Balaban J connectivity index is 1.65. The van der Waals surface area contributed by atoms with Gasteiger partial charge in [-0.3, -0.25) is 9.78 Å². The van der Waals surface area contributed by atoms with E-state index < -0.39 is 0 Å². The highest BCUT2D eigenvalue weighted by Gasteiger charge is 2.19. The van der Waals surface area contributed by atoms with Gasteiger partial charge in [0.05, 0.1) is 5.75 Å². The lowest BCUT2D eigenvalue weighted by Crippen LogP contribution is -2.33. The topological polar surface area (TPSA) is 81.9 Å². The monoisotopic (exact) mass is 389 g/mol. The molecule has 1 N–H and O–H groups in total. The van der Waals surface area contributed by atoms with Gasteiger partial charge in [0.2, 0.25) is 5.91 Å². The van der Waals surface area contributed by atoms with Gasteiger partial charge < -0.3 is 14.6 Å². The van der Waals surface area contributed by atoms with Crippen molar-refractivity contribution in [1.82, 2.24) is 25.1 Å². The van der Waals surface area contributed by atoms with Crippen LogP contribution in [0.2, 0.25) is 0 Å². The number of hydrogen-bond acceptors (Lipinski definition) is 6. The van der Waals surface area contributed by atoms with E-state index in [0.29, 0.717) is 25.0 Å². The number of carbonyl (C=O) groups is 1. The summed E-state index contributed by atoms with van der Waals surface area (Å²) in [5, 5.41) is 12.6. The minimum atomic E-state index is 0.0706.